The molecule has 0 aliphatic carbocycles. The summed E-state index contributed by atoms with van der Waals surface area (Å²) in [5.74, 6) is 0. The van der Waals surface area contributed by atoms with Crippen molar-refractivity contribution in [2.75, 3.05) is 6.54 Å². The van der Waals surface area contributed by atoms with E-state index in [0.717, 1.165) is 6.54 Å². The average Bonchev–Trinajstić information content (AvgIpc) is 3.01. The molecule has 0 aromatic carbocycles. The van der Waals surface area contributed by atoms with E-state index < -0.39 is 0 Å². The minimum atomic E-state index is 0.518. The number of nitrogens with one attached hydrogen (secondary N) is 1. The first-order valence-electron chi connectivity index (χ1n) is 6.59. The third-order valence-corrected chi connectivity index (χ3v) is 5.03. The van der Waals surface area contributed by atoms with Crippen molar-refractivity contribution < 1.29 is 0 Å². The van der Waals surface area contributed by atoms with Gasteiger partial charge < -0.3 is 5.32 Å². The predicted octanol–water partition coefficient (Wildman–Crippen LogP) is 4.79. The van der Waals surface area contributed by atoms with Gasteiger partial charge in [-0.3, -0.25) is 0 Å². The molecule has 0 spiro atoms. The van der Waals surface area contributed by atoms with Crippen molar-refractivity contribution >= 4 is 22.7 Å². The van der Waals surface area contributed by atoms with E-state index >= 15 is 0 Å². The SMILES string of the molecule is CCCNC(CCc1ccsc1)c1sccc1C. The Balaban J connectivity index is 1.99. The summed E-state index contributed by atoms with van der Waals surface area (Å²) in [7, 11) is 0. The molecule has 1 unspecified atom stereocenters. The molecule has 1 nitrogen and oxygen atoms in total. The van der Waals surface area contributed by atoms with Gasteiger partial charge >= 0.3 is 0 Å². The molecule has 0 radical (unpaired) electrons. The van der Waals surface area contributed by atoms with Crippen molar-refractivity contribution in [3.05, 3.63) is 44.3 Å². The molecule has 0 aliphatic rings. The van der Waals surface area contributed by atoms with Crippen LogP contribution in [0.25, 0.3) is 0 Å². The van der Waals surface area contributed by atoms with E-state index in [2.05, 4.69) is 47.4 Å². The number of rotatable bonds is 7. The zero-order valence-electron chi connectivity index (χ0n) is 11.1. The quantitative estimate of drug-likeness (QED) is 0.768. The van der Waals surface area contributed by atoms with E-state index in [1.54, 1.807) is 11.3 Å². The van der Waals surface area contributed by atoms with Gasteiger partial charge in [-0.1, -0.05) is 6.92 Å². The zero-order chi connectivity index (χ0) is 12.8. The van der Waals surface area contributed by atoms with E-state index in [0.29, 0.717) is 6.04 Å². The second-order valence-corrected chi connectivity index (χ2v) is 6.37. The average molecular weight is 279 g/mol. The van der Waals surface area contributed by atoms with Crippen LogP contribution >= 0.6 is 22.7 Å². The Morgan fingerprint density at radius 2 is 2.17 bits per heavy atom. The van der Waals surface area contributed by atoms with Gasteiger partial charge in [0.1, 0.15) is 0 Å². The monoisotopic (exact) mass is 279 g/mol. The normalized spacial score (nSPS) is 12.8. The van der Waals surface area contributed by atoms with Gasteiger partial charge in [0.2, 0.25) is 0 Å². The van der Waals surface area contributed by atoms with Gasteiger partial charge in [-0.15, -0.1) is 11.3 Å². The number of hydrogen-bond donors (Lipinski definition) is 1. The van der Waals surface area contributed by atoms with Crippen molar-refractivity contribution in [1.82, 2.24) is 5.32 Å². The first-order valence-corrected chi connectivity index (χ1v) is 8.42. The van der Waals surface area contributed by atoms with Crippen molar-refractivity contribution in [3.8, 4) is 0 Å². The molecule has 1 atom stereocenters. The minimum absolute atomic E-state index is 0.518. The van der Waals surface area contributed by atoms with E-state index in [-0.39, 0.29) is 0 Å². The highest BCUT2D eigenvalue weighted by Crippen LogP contribution is 2.27. The summed E-state index contributed by atoms with van der Waals surface area (Å²) in [6.45, 7) is 5.55. The van der Waals surface area contributed by atoms with Crippen molar-refractivity contribution in [2.24, 2.45) is 0 Å². The fraction of sp³-hybridized carbons (Fsp3) is 0.467. The molecular weight excluding hydrogens is 258 g/mol. The predicted molar refractivity (Wildman–Crippen MR) is 82.7 cm³/mol. The lowest BCUT2D eigenvalue weighted by Crippen LogP contribution is -2.22. The van der Waals surface area contributed by atoms with Crippen LogP contribution in [0, 0.1) is 6.92 Å². The summed E-state index contributed by atoms with van der Waals surface area (Å²) in [6.07, 6.45) is 3.56. The fourth-order valence-corrected chi connectivity index (χ4v) is 3.87. The smallest absolute Gasteiger partial charge is 0.0420 e. The van der Waals surface area contributed by atoms with Crippen LogP contribution in [0.1, 0.15) is 41.8 Å². The molecule has 18 heavy (non-hydrogen) atoms. The molecule has 0 bridgehead atoms. The Labute approximate surface area is 118 Å². The van der Waals surface area contributed by atoms with E-state index in [1.807, 2.05) is 11.3 Å². The van der Waals surface area contributed by atoms with Gasteiger partial charge in [-0.05, 0) is 72.1 Å². The van der Waals surface area contributed by atoms with Crippen molar-refractivity contribution in [1.29, 1.82) is 0 Å². The number of thiophene rings is 2. The maximum absolute atomic E-state index is 3.69. The highest BCUT2D eigenvalue weighted by molar-refractivity contribution is 7.10. The Bertz CT molecular complexity index is 445. The Morgan fingerprint density at radius 1 is 1.28 bits per heavy atom. The molecule has 0 fully saturated rings. The molecule has 0 aliphatic heterocycles. The molecule has 0 amide bonds. The summed E-state index contributed by atoms with van der Waals surface area (Å²) in [6, 6.07) is 4.98. The Hall–Kier alpha value is -0.640. The van der Waals surface area contributed by atoms with Crippen LogP contribution in [0.5, 0.6) is 0 Å². The summed E-state index contributed by atoms with van der Waals surface area (Å²) in [5.41, 5.74) is 2.90. The first-order chi connectivity index (χ1) is 8.81. The van der Waals surface area contributed by atoms with E-state index in [9.17, 15) is 0 Å². The lowest BCUT2D eigenvalue weighted by molar-refractivity contribution is 0.505. The van der Waals surface area contributed by atoms with Crippen LogP contribution in [0.2, 0.25) is 0 Å². The molecule has 2 heterocycles. The van der Waals surface area contributed by atoms with E-state index in [1.165, 1.54) is 35.3 Å². The molecular formula is C15H21NS2. The van der Waals surface area contributed by atoms with Crippen LogP contribution in [0.15, 0.2) is 28.3 Å². The molecule has 0 saturated carbocycles. The summed E-state index contributed by atoms with van der Waals surface area (Å²) < 4.78 is 0. The third-order valence-electron chi connectivity index (χ3n) is 3.16. The van der Waals surface area contributed by atoms with Crippen molar-refractivity contribution in [2.45, 2.75) is 39.2 Å². The fourth-order valence-electron chi connectivity index (χ4n) is 2.13. The second kappa shape index (κ2) is 7.07. The van der Waals surface area contributed by atoms with E-state index in [4.69, 9.17) is 0 Å². The highest BCUT2D eigenvalue weighted by atomic mass is 32.1. The van der Waals surface area contributed by atoms with Crippen LogP contribution in [0.3, 0.4) is 0 Å². The molecule has 0 saturated heterocycles. The molecule has 2 aromatic rings. The Morgan fingerprint density at radius 3 is 2.78 bits per heavy atom. The van der Waals surface area contributed by atoms with Gasteiger partial charge in [0.05, 0.1) is 0 Å². The van der Waals surface area contributed by atoms with Crippen LogP contribution < -0.4 is 5.32 Å². The third kappa shape index (κ3) is 3.67. The summed E-state index contributed by atoms with van der Waals surface area (Å²) in [4.78, 5) is 1.51. The summed E-state index contributed by atoms with van der Waals surface area (Å²) >= 11 is 3.68. The van der Waals surface area contributed by atoms with Crippen LogP contribution in [-0.2, 0) is 6.42 Å². The molecule has 2 rings (SSSR count). The van der Waals surface area contributed by atoms with Crippen LogP contribution in [-0.4, -0.2) is 6.54 Å². The van der Waals surface area contributed by atoms with Gasteiger partial charge in [0.25, 0.3) is 0 Å². The molecule has 1 N–H and O–H groups in total. The topological polar surface area (TPSA) is 12.0 Å². The summed E-state index contributed by atoms with van der Waals surface area (Å²) in [5, 5.41) is 10.3. The Kier molecular flexibility index (Phi) is 5.42. The largest absolute Gasteiger partial charge is 0.309 e. The number of aryl methyl sites for hydroxylation is 2. The maximum atomic E-state index is 3.69. The maximum Gasteiger partial charge on any atom is 0.0420 e. The first kappa shape index (κ1) is 13.8. The van der Waals surface area contributed by atoms with Gasteiger partial charge in [0.15, 0.2) is 0 Å². The highest BCUT2D eigenvalue weighted by Gasteiger charge is 2.14. The molecule has 3 heteroatoms. The van der Waals surface area contributed by atoms with Crippen LogP contribution in [0.4, 0.5) is 0 Å². The van der Waals surface area contributed by atoms with Gasteiger partial charge in [-0.2, -0.15) is 11.3 Å². The molecule has 2 aromatic heterocycles. The van der Waals surface area contributed by atoms with Gasteiger partial charge in [0, 0.05) is 10.9 Å². The lowest BCUT2D eigenvalue weighted by Gasteiger charge is -2.18. The minimum Gasteiger partial charge on any atom is -0.309 e. The van der Waals surface area contributed by atoms with Gasteiger partial charge in [-0.25, -0.2) is 0 Å². The molecule has 98 valence electrons. The lowest BCUT2D eigenvalue weighted by atomic mass is 10.0. The van der Waals surface area contributed by atoms with Crippen molar-refractivity contribution in [3.63, 3.8) is 0 Å². The second-order valence-electron chi connectivity index (χ2n) is 4.64. The number of hydrogen-bond acceptors (Lipinski definition) is 3. The standard InChI is InChI=1S/C15H21NS2/c1-3-8-16-14(15-12(2)6-10-18-15)5-4-13-7-9-17-11-13/h6-7,9-11,14,16H,3-5,8H2,1-2H3. The zero-order valence-corrected chi connectivity index (χ0v) is 12.7.